The zero-order valence-corrected chi connectivity index (χ0v) is 24.5. The Labute approximate surface area is 250 Å². The number of carbonyl (C=O) groups excluding carboxylic acids is 1. The molecule has 2 fully saturated rings. The normalized spacial score (nSPS) is 18.0. The van der Waals surface area contributed by atoms with E-state index < -0.39 is 6.17 Å². The predicted octanol–water partition coefficient (Wildman–Crippen LogP) is 6.10. The molecule has 8 nitrogen and oxygen atoms in total. The summed E-state index contributed by atoms with van der Waals surface area (Å²) >= 11 is 0. The van der Waals surface area contributed by atoms with Crippen LogP contribution < -0.4 is 20.3 Å². The summed E-state index contributed by atoms with van der Waals surface area (Å²) in [5.41, 5.74) is 5.31. The van der Waals surface area contributed by atoms with Gasteiger partial charge in [-0.05, 0) is 86.7 Å². The molecule has 4 aromatic rings. The van der Waals surface area contributed by atoms with Gasteiger partial charge >= 0.3 is 0 Å². The van der Waals surface area contributed by atoms with Crippen molar-refractivity contribution in [3.8, 4) is 34.3 Å². The Morgan fingerprint density at radius 1 is 1.19 bits per heavy atom. The lowest BCUT2D eigenvalue weighted by Crippen LogP contribution is -2.44. The van der Waals surface area contributed by atoms with Gasteiger partial charge in [0.1, 0.15) is 29.3 Å². The summed E-state index contributed by atoms with van der Waals surface area (Å²) in [6, 6.07) is 17.1. The van der Waals surface area contributed by atoms with E-state index in [4.69, 9.17) is 9.15 Å². The summed E-state index contributed by atoms with van der Waals surface area (Å²) < 4.78 is 25.9. The van der Waals surface area contributed by atoms with Crippen LogP contribution in [0, 0.1) is 17.2 Å². The smallest absolute Gasteiger partial charge is 0.251 e. The van der Waals surface area contributed by atoms with Crippen molar-refractivity contribution in [1.82, 2.24) is 15.6 Å². The molecule has 2 aromatic carbocycles. The standard InChI is InChI=1S/C34H36FN5O3/c1-3-28(21-8-12-37-13-9-21)39-34(41)23-4-6-27(31(17-23)42-2)32-18-29-33(43-32)26(10-14-38-29)22-5-7-30(24(16-22)19-36)40-15-11-25(35)20-40/h4-7,10,14,16-18,21,25,28,37H,3,8-9,11-13,15,20H2,1-2H3,(H,39,41)/t25-,28?/m0/s1. The summed E-state index contributed by atoms with van der Waals surface area (Å²) in [5.74, 6) is 1.44. The second-order valence-electron chi connectivity index (χ2n) is 11.3. The molecular formula is C34H36FN5O3. The van der Waals surface area contributed by atoms with Crippen LogP contribution in [0.25, 0.3) is 33.6 Å². The van der Waals surface area contributed by atoms with Gasteiger partial charge < -0.3 is 24.7 Å². The minimum absolute atomic E-state index is 0.114. The number of benzene rings is 2. The molecule has 2 aliphatic rings. The Morgan fingerprint density at radius 2 is 2.02 bits per heavy atom. The lowest BCUT2D eigenvalue weighted by atomic mass is 9.88. The van der Waals surface area contributed by atoms with Crippen molar-refractivity contribution in [2.75, 3.05) is 38.2 Å². The number of rotatable bonds is 8. The number of hydrogen-bond acceptors (Lipinski definition) is 7. The van der Waals surface area contributed by atoms with Crippen LogP contribution in [-0.4, -0.2) is 56.4 Å². The van der Waals surface area contributed by atoms with Gasteiger partial charge in [0.15, 0.2) is 5.58 Å². The first kappa shape index (κ1) is 28.7. The molecule has 0 bridgehead atoms. The highest BCUT2D eigenvalue weighted by Crippen LogP contribution is 2.39. The first-order valence-corrected chi connectivity index (χ1v) is 15.0. The number of carbonyl (C=O) groups is 1. The number of halogens is 1. The minimum Gasteiger partial charge on any atom is -0.496 e. The minimum atomic E-state index is -0.874. The maximum atomic E-state index is 13.8. The number of anilines is 1. The average Bonchev–Trinajstić information content (AvgIpc) is 3.69. The number of methoxy groups -OCH3 is 1. The average molecular weight is 582 g/mol. The van der Waals surface area contributed by atoms with Gasteiger partial charge in [0.05, 0.1) is 23.9 Å². The second kappa shape index (κ2) is 12.4. The molecule has 0 radical (unpaired) electrons. The third-order valence-corrected chi connectivity index (χ3v) is 8.75. The fourth-order valence-electron chi connectivity index (χ4n) is 6.39. The number of nitriles is 1. The van der Waals surface area contributed by atoms with Crippen molar-refractivity contribution in [2.24, 2.45) is 5.92 Å². The van der Waals surface area contributed by atoms with Crippen molar-refractivity contribution < 1.29 is 18.3 Å². The zero-order valence-electron chi connectivity index (χ0n) is 24.5. The van der Waals surface area contributed by atoms with Crippen LogP contribution in [0.1, 0.15) is 48.5 Å². The number of fused-ring (bicyclic) bond motifs is 1. The third-order valence-electron chi connectivity index (χ3n) is 8.75. The first-order chi connectivity index (χ1) is 21.0. The second-order valence-corrected chi connectivity index (χ2v) is 11.3. The van der Waals surface area contributed by atoms with E-state index in [0.717, 1.165) is 49.2 Å². The Morgan fingerprint density at radius 3 is 2.74 bits per heavy atom. The molecule has 43 heavy (non-hydrogen) atoms. The summed E-state index contributed by atoms with van der Waals surface area (Å²) in [6.45, 7) is 4.98. The van der Waals surface area contributed by atoms with E-state index in [-0.39, 0.29) is 11.9 Å². The number of amides is 1. The Kier molecular flexibility index (Phi) is 8.30. The molecule has 2 N–H and O–H groups in total. The number of piperidine rings is 1. The van der Waals surface area contributed by atoms with Crippen LogP contribution in [0.3, 0.4) is 0 Å². The van der Waals surface area contributed by atoms with Crippen LogP contribution in [0.2, 0.25) is 0 Å². The van der Waals surface area contributed by atoms with E-state index in [2.05, 4.69) is 28.6 Å². The van der Waals surface area contributed by atoms with Gasteiger partial charge in [-0.1, -0.05) is 13.0 Å². The summed E-state index contributed by atoms with van der Waals surface area (Å²) in [6.07, 6.45) is 4.31. The van der Waals surface area contributed by atoms with E-state index in [1.54, 1.807) is 25.4 Å². The van der Waals surface area contributed by atoms with Crippen LogP contribution in [-0.2, 0) is 0 Å². The number of aromatic nitrogens is 1. The first-order valence-electron chi connectivity index (χ1n) is 15.0. The van der Waals surface area contributed by atoms with E-state index in [9.17, 15) is 14.4 Å². The van der Waals surface area contributed by atoms with Gasteiger partial charge in [-0.2, -0.15) is 5.26 Å². The number of furan rings is 1. The molecule has 2 saturated heterocycles. The molecule has 222 valence electrons. The highest BCUT2D eigenvalue weighted by molar-refractivity contribution is 5.97. The van der Waals surface area contributed by atoms with Gasteiger partial charge in [0, 0.05) is 42.5 Å². The molecule has 1 amide bonds. The van der Waals surface area contributed by atoms with Gasteiger partial charge in [-0.15, -0.1) is 0 Å². The third kappa shape index (κ3) is 5.80. The topological polar surface area (TPSA) is 103 Å². The van der Waals surface area contributed by atoms with Gasteiger partial charge in [-0.3, -0.25) is 9.78 Å². The van der Waals surface area contributed by atoms with Crippen LogP contribution in [0.5, 0.6) is 5.75 Å². The Hall–Kier alpha value is -4.42. The molecular weight excluding hydrogens is 545 g/mol. The highest BCUT2D eigenvalue weighted by atomic mass is 19.1. The number of hydrogen-bond donors (Lipinski definition) is 2. The van der Waals surface area contributed by atoms with E-state index >= 15 is 0 Å². The molecule has 4 heterocycles. The maximum absolute atomic E-state index is 13.8. The summed E-state index contributed by atoms with van der Waals surface area (Å²) in [4.78, 5) is 19.7. The van der Waals surface area contributed by atoms with Crippen molar-refractivity contribution >= 4 is 22.7 Å². The van der Waals surface area contributed by atoms with Crippen molar-refractivity contribution in [3.05, 3.63) is 65.9 Å². The lowest BCUT2D eigenvalue weighted by Gasteiger charge is -2.30. The molecule has 2 atom stereocenters. The van der Waals surface area contributed by atoms with E-state index in [1.165, 1.54) is 0 Å². The van der Waals surface area contributed by atoms with E-state index in [0.29, 0.717) is 64.7 Å². The summed E-state index contributed by atoms with van der Waals surface area (Å²) in [5, 5.41) is 16.5. The molecule has 2 aromatic heterocycles. The monoisotopic (exact) mass is 581 g/mol. The number of alkyl halides is 1. The molecule has 0 aliphatic carbocycles. The Bertz CT molecular complexity index is 1670. The number of ether oxygens (including phenoxy) is 1. The van der Waals surface area contributed by atoms with Crippen LogP contribution in [0.15, 0.2) is 59.1 Å². The Balaban J connectivity index is 1.28. The molecule has 0 saturated carbocycles. The highest BCUT2D eigenvalue weighted by Gasteiger charge is 2.26. The number of pyridine rings is 1. The van der Waals surface area contributed by atoms with Crippen molar-refractivity contribution in [1.29, 1.82) is 5.26 Å². The molecule has 0 spiro atoms. The number of nitrogens with zero attached hydrogens (tertiary/aromatic N) is 3. The fourth-order valence-corrected chi connectivity index (χ4v) is 6.39. The van der Waals surface area contributed by atoms with Crippen LogP contribution in [0.4, 0.5) is 10.1 Å². The molecule has 9 heteroatoms. The zero-order chi connectivity index (χ0) is 29.9. The SMILES string of the molecule is CCC(NC(=O)c1ccc(-c2cc3nccc(-c4ccc(N5CC[C@H](F)C5)c(C#N)c4)c3o2)c(OC)c1)C1CCNCC1. The van der Waals surface area contributed by atoms with Crippen LogP contribution >= 0.6 is 0 Å². The maximum Gasteiger partial charge on any atom is 0.251 e. The molecule has 1 unspecified atom stereocenters. The molecule has 2 aliphatic heterocycles. The van der Waals surface area contributed by atoms with Crippen molar-refractivity contribution in [3.63, 3.8) is 0 Å². The summed E-state index contributed by atoms with van der Waals surface area (Å²) in [7, 11) is 1.58. The predicted molar refractivity (Wildman–Crippen MR) is 165 cm³/mol. The van der Waals surface area contributed by atoms with Crippen molar-refractivity contribution in [2.45, 2.75) is 44.8 Å². The number of nitrogens with one attached hydrogen (secondary N) is 2. The van der Waals surface area contributed by atoms with Gasteiger partial charge in [0.25, 0.3) is 5.91 Å². The quantitative estimate of drug-likeness (QED) is 0.259. The lowest BCUT2D eigenvalue weighted by molar-refractivity contribution is 0.0912. The van der Waals surface area contributed by atoms with E-state index in [1.807, 2.05) is 41.3 Å². The fraction of sp³-hybridized carbons (Fsp3) is 0.382. The van der Waals surface area contributed by atoms with Gasteiger partial charge in [0.2, 0.25) is 0 Å². The van der Waals surface area contributed by atoms with Gasteiger partial charge in [-0.25, -0.2) is 4.39 Å². The largest absolute Gasteiger partial charge is 0.496 e. The molecule has 6 rings (SSSR count).